The van der Waals surface area contributed by atoms with E-state index in [4.69, 9.17) is 9.97 Å². The van der Waals surface area contributed by atoms with Crippen molar-refractivity contribution in [1.29, 1.82) is 0 Å². The largest absolute Gasteiger partial charge is 0.278 e. The molecule has 0 aliphatic heterocycles. The van der Waals surface area contributed by atoms with Gasteiger partial charge in [-0.3, -0.25) is 4.57 Å². The van der Waals surface area contributed by atoms with Crippen LogP contribution >= 0.6 is 11.3 Å². The Bertz CT molecular complexity index is 2810. The minimum absolute atomic E-state index is 0.671. The van der Waals surface area contributed by atoms with Crippen molar-refractivity contribution in [2.45, 2.75) is 0 Å². The van der Waals surface area contributed by atoms with Crippen LogP contribution in [0.4, 0.5) is 0 Å². The van der Waals surface area contributed by atoms with Crippen LogP contribution in [0.3, 0.4) is 0 Å². The molecule has 0 saturated heterocycles. The number of thiophene rings is 1. The third-order valence-electron chi connectivity index (χ3n) is 9.21. The molecule has 3 aromatic heterocycles. The number of nitrogens with zero attached hydrogens (tertiary/aromatic N) is 3. The zero-order valence-corrected chi connectivity index (χ0v) is 25.5. The van der Waals surface area contributed by atoms with Crippen LogP contribution in [0.15, 0.2) is 152 Å². The molecule has 0 N–H and O–H groups in total. The van der Waals surface area contributed by atoms with Crippen LogP contribution in [-0.2, 0) is 0 Å². The predicted molar refractivity (Wildman–Crippen MR) is 195 cm³/mol. The Morgan fingerprint density at radius 2 is 1.11 bits per heavy atom. The first kappa shape index (κ1) is 25.5. The molecule has 0 bridgehead atoms. The van der Waals surface area contributed by atoms with Crippen LogP contribution < -0.4 is 0 Å². The van der Waals surface area contributed by atoms with Crippen molar-refractivity contribution < 1.29 is 0 Å². The minimum atomic E-state index is 0.671. The molecule has 214 valence electrons. The van der Waals surface area contributed by atoms with Crippen LogP contribution in [-0.4, -0.2) is 14.5 Å². The fourth-order valence-electron chi connectivity index (χ4n) is 7.16. The highest BCUT2D eigenvalue weighted by molar-refractivity contribution is 7.25. The Kier molecular flexibility index (Phi) is 5.45. The van der Waals surface area contributed by atoms with Gasteiger partial charge in [-0.1, -0.05) is 115 Å². The molecule has 4 heteroatoms. The summed E-state index contributed by atoms with van der Waals surface area (Å²) in [4.78, 5) is 10.5. The fourth-order valence-corrected chi connectivity index (χ4v) is 8.24. The molecule has 0 atom stereocenters. The highest BCUT2D eigenvalue weighted by Crippen LogP contribution is 2.43. The van der Waals surface area contributed by atoms with Gasteiger partial charge in [0.05, 0.1) is 22.2 Å². The first-order valence-electron chi connectivity index (χ1n) is 15.5. The van der Waals surface area contributed by atoms with Gasteiger partial charge in [-0.05, 0) is 58.3 Å². The summed E-state index contributed by atoms with van der Waals surface area (Å²) in [5, 5.41) is 8.52. The van der Waals surface area contributed by atoms with Gasteiger partial charge in [0.15, 0.2) is 0 Å². The van der Waals surface area contributed by atoms with E-state index >= 15 is 0 Å². The number of para-hydroxylation sites is 2. The highest BCUT2D eigenvalue weighted by Gasteiger charge is 2.21. The van der Waals surface area contributed by atoms with Crippen molar-refractivity contribution in [3.05, 3.63) is 152 Å². The van der Waals surface area contributed by atoms with Gasteiger partial charge >= 0.3 is 0 Å². The summed E-state index contributed by atoms with van der Waals surface area (Å²) in [6, 6.07) is 54.2. The highest BCUT2D eigenvalue weighted by atomic mass is 32.1. The number of aromatic nitrogens is 3. The Morgan fingerprint density at radius 1 is 0.435 bits per heavy atom. The lowest BCUT2D eigenvalue weighted by Crippen LogP contribution is -2.03. The van der Waals surface area contributed by atoms with Gasteiger partial charge in [-0.15, -0.1) is 11.3 Å². The standard InChI is InChI=1S/C42H25N3S/c1-2-12-26(13-3-1)41-31-17-6-9-19-35(31)43-42(44-41)45-36-20-10-7-18-32(36)40-30-16-5-4-14-28(30)33(25-37(40)45)27-22-23-39-34(24-27)29-15-8-11-21-38(29)46-39/h1-25H. The monoisotopic (exact) mass is 603 g/mol. The topological polar surface area (TPSA) is 30.7 Å². The van der Waals surface area contributed by atoms with E-state index in [-0.39, 0.29) is 0 Å². The summed E-state index contributed by atoms with van der Waals surface area (Å²) in [6.45, 7) is 0. The van der Waals surface area contributed by atoms with Gasteiger partial charge in [0.25, 0.3) is 0 Å². The summed E-state index contributed by atoms with van der Waals surface area (Å²) >= 11 is 1.85. The zero-order valence-electron chi connectivity index (χ0n) is 24.7. The first-order valence-corrected chi connectivity index (χ1v) is 16.3. The second-order valence-electron chi connectivity index (χ2n) is 11.8. The van der Waals surface area contributed by atoms with Gasteiger partial charge in [-0.2, -0.15) is 0 Å². The molecule has 46 heavy (non-hydrogen) atoms. The predicted octanol–water partition coefficient (Wildman–Crippen LogP) is 11.6. The zero-order chi connectivity index (χ0) is 30.2. The lowest BCUT2D eigenvalue weighted by Gasteiger charge is -2.13. The van der Waals surface area contributed by atoms with Gasteiger partial charge in [0, 0.05) is 41.9 Å². The second kappa shape index (κ2) is 9.83. The smallest absolute Gasteiger partial charge is 0.235 e. The van der Waals surface area contributed by atoms with Gasteiger partial charge < -0.3 is 0 Å². The lowest BCUT2D eigenvalue weighted by molar-refractivity contribution is 1.01. The number of rotatable bonds is 3. The molecule has 0 saturated carbocycles. The molecule has 0 spiro atoms. The third kappa shape index (κ3) is 3.71. The Balaban J connectivity index is 1.33. The molecule has 3 heterocycles. The maximum absolute atomic E-state index is 5.32. The third-order valence-corrected chi connectivity index (χ3v) is 10.4. The van der Waals surface area contributed by atoms with Crippen LogP contribution in [0.25, 0.3) is 92.0 Å². The molecule has 0 fully saturated rings. The minimum Gasteiger partial charge on any atom is -0.278 e. The summed E-state index contributed by atoms with van der Waals surface area (Å²) in [7, 11) is 0. The number of hydrogen-bond donors (Lipinski definition) is 0. The van der Waals surface area contributed by atoms with E-state index in [9.17, 15) is 0 Å². The van der Waals surface area contributed by atoms with E-state index in [0.29, 0.717) is 5.95 Å². The Hall–Kier alpha value is -5.84. The van der Waals surface area contributed by atoms with E-state index in [1.807, 2.05) is 17.4 Å². The van der Waals surface area contributed by atoms with E-state index in [1.54, 1.807) is 0 Å². The first-order chi connectivity index (χ1) is 22.8. The molecule has 7 aromatic carbocycles. The quantitative estimate of drug-likeness (QED) is 0.201. The molecule has 0 aliphatic rings. The Labute approximate surface area is 268 Å². The number of hydrogen-bond acceptors (Lipinski definition) is 3. The summed E-state index contributed by atoms with van der Waals surface area (Å²) in [5.41, 5.74) is 7.53. The van der Waals surface area contributed by atoms with Crippen molar-refractivity contribution in [2.24, 2.45) is 0 Å². The van der Waals surface area contributed by atoms with E-state index in [1.165, 1.54) is 52.8 Å². The summed E-state index contributed by atoms with van der Waals surface area (Å²) in [5.74, 6) is 0.671. The lowest BCUT2D eigenvalue weighted by atomic mass is 9.94. The number of fused-ring (bicyclic) bond motifs is 9. The van der Waals surface area contributed by atoms with Crippen molar-refractivity contribution in [2.75, 3.05) is 0 Å². The van der Waals surface area contributed by atoms with Crippen LogP contribution in [0.1, 0.15) is 0 Å². The SMILES string of the molecule is c1ccc(-c2nc(-n3c4ccccc4c4c5ccccc5c(-c5ccc6sc7ccccc7c6c5)cc43)nc3ccccc23)cc1. The average molecular weight is 604 g/mol. The van der Waals surface area contributed by atoms with Crippen molar-refractivity contribution >= 4 is 75.0 Å². The average Bonchev–Trinajstić information content (AvgIpc) is 3.66. The summed E-state index contributed by atoms with van der Waals surface area (Å²) < 4.78 is 4.89. The second-order valence-corrected chi connectivity index (χ2v) is 12.9. The van der Waals surface area contributed by atoms with Gasteiger partial charge in [-0.25, -0.2) is 9.97 Å². The fraction of sp³-hybridized carbons (Fsp3) is 0. The Morgan fingerprint density at radius 3 is 1.98 bits per heavy atom. The molecule has 0 radical (unpaired) electrons. The van der Waals surface area contributed by atoms with Crippen molar-refractivity contribution in [3.63, 3.8) is 0 Å². The van der Waals surface area contributed by atoms with Gasteiger partial charge in [0.1, 0.15) is 0 Å². The molecule has 0 aliphatic carbocycles. The maximum atomic E-state index is 5.32. The van der Waals surface area contributed by atoms with E-state index in [0.717, 1.165) is 33.2 Å². The molecule has 0 unspecified atom stereocenters. The van der Waals surface area contributed by atoms with Crippen LogP contribution in [0, 0.1) is 0 Å². The maximum Gasteiger partial charge on any atom is 0.235 e. The van der Waals surface area contributed by atoms with E-state index in [2.05, 4.69) is 150 Å². The summed E-state index contributed by atoms with van der Waals surface area (Å²) in [6.07, 6.45) is 0. The van der Waals surface area contributed by atoms with Crippen molar-refractivity contribution in [1.82, 2.24) is 14.5 Å². The molecular weight excluding hydrogens is 579 g/mol. The molecule has 10 rings (SSSR count). The van der Waals surface area contributed by atoms with Crippen LogP contribution in [0.5, 0.6) is 0 Å². The van der Waals surface area contributed by atoms with Gasteiger partial charge in [0.2, 0.25) is 5.95 Å². The molecule has 10 aromatic rings. The molecule has 3 nitrogen and oxygen atoms in total. The van der Waals surface area contributed by atoms with E-state index < -0.39 is 0 Å². The number of benzene rings is 7. The van der Waals surface area contributed by atoms with Crippen molar-refractivity contribution in [3.8, 4) is 28.3 Å². The molecular formula is C42H25N3S. The molecule has 0 amide bonds. The normalized spacial score (nSPS) is 11.9. The van der Waals surface area contributed by atoms with Crippen LogP contribution in [0.2, 0.25) is 0 Å².